The Morgan fingerprint density at radius 2 is 1.55 bits per heavy atom. The van der Waals surface area contributed by atoms with Crippen LogP contribution < -0.4 is 5.32 Å². The first-order valence-corrected chi connectivity index (χ1v) is 5.66. The molecule has 4 nitrogen and oxygen atoms in total. The summed E-state index contributed by atoms with van der Waals surface area (Å²) in [6, 6.07) is -0.628. The summed E-state index contributed by atoms with van der Waals surface area (Å²) in [5, 5.41) is 10.1. The summed E-state index contributed by atoms with van der Waals surface area (Å²) in [4.78, 5) is 21.0. The van der Waals surface area contributed by atoms with E-state index in [-0.39, 0.29) is 12.4 Å². The molecule has 1 atom stereocenters. The molecule has 0 aliphatic rings. The van der Waals surface area contributed by atoms with Crippen LogP contribution in [0.5, 0.6) is 0 Å². The minimum Gasteiger partial charge on any atom is -0.465 e. The molecule has 1 aromatic carbocycles. The van der Waals surface area contributed by atoms with Crippen molar-refractivity contribution in [1.29, 1.82) is 0 Å². The van der Waals surface area contributed by atoms with Crippen molar-refractivity contribution in [2.75, 3.05) is 0 Å². The Labute approximate surface area is 119 Å². The predicted molar refractivity (Wildman–Crippen MR) is 61.2 cm³/mol. The SMILES string of the molecule is O=C[C@H](Cc1cc(C(F)(F)F)cc(C(F)(F)F)c1)NC(=O)O. The van der Waals surface area contributed by atoms with Crippen molar-refractivity contribution in [1.82, 2.24) is 5.32 Å². The Balaban J connectivity index is 3.23. The first-order valence-electron chi connectivity index (χ1n) is 5.66. The van der Waals surface area contributed by atoms with Crippen LogP contribution in [0, 0.1) is 0 Å². The molecule has 0 radical (unpaired) electrons. The van der Waals surface area contributed by atoms with Crippen LogP contribution >= 0.6 is 0 Å². The lowest BCUT2D eigenvalue weighted by Gasteiger charge is -2.16. The number of rotatable bonds is 4. The van der Waals surface area contributed by atoms with Crippen LogP contribution in [0.4, 0.5) is 31.1 Å². The number of halogens is 6. The van der Waals surface area contributed by atoms with E-state index in [2.05, 4.69) is 0 Å². The number of nitrogens with one attached hydrogen (secondary N) is 1. The molecular formula is C12H9F6NO3. The molecule has 0 fully saturated rings. The fraction of sp³-hybridized carbons (Fsp3) is 0.333. The maximum atomic E-state index is 12.6. The third-order valence-electron chi connectivity index (χ3n) is 2.58. The van der Waals surface area contributed by atoms with E-state index in [1.165, 1.54) is 0 Å². The first-order chi connectivity index (χ1) is 9.93. The van der Waals surface area contributed by atoms with Gasteiger partial charge in [-0.25, -0.2) is 4.79 Å². The molecule has 0 aliphatic carbocycles. The molecule has 0 saturated carbocycles. The molecule has 1 aromatic rings. The standard InChI is InChI=1S/C12H9F6NO3/c13-11(14,15)7-1-6(2-8(4-7)12(16,17)18)3-9(5-20)19-10(21)22/h1-2,4-5,9,19H,3H2,(H,21,22)/t9-/m0/s1. The topological polar surface area (TPSA) is 66.4 Å². The van der Waals surface area contributed by atoms with Gasteiger partial charge in [-0.2, -0.15) is 26.3 Å². The van der Waals surface area contributed by atoms with Gasteiger partial charge in [-0.05, 0) is 30.2 Å². The summed E-state index contributed by atoms with van der Waals surface area (Å²) in [6.07, 6.45) is -12.2. The summed E-state index contributed by atoms with van der Waals surface area (Å²) in [6.45, 7) is 0. The summed E-state index contributed by atoms with van der Waals surface area (Å²) >= 11 is 0. The fourth-order valence-electron chi connectivity index (χ4n) is 1.68. The smallest absolute Gasteiger partial charge is 0.416 e. The summed E-state index contributed by atoms with van der Waals surface area (Å²) in [5.74, 6) is 0. The number of carbonyl (C=O) groups excluding carboxylic acids is 1. The molecule has 0 spiro atoms. The van der Waals surface area contributed by atoms with Crippen LogP contribution in [-0.2, 0) is 23.6 Å². The number of carbonyl (C=O) groups is 2. The lowest BCUT2D eigenvalue weighted by Crippen LogP contribution is -2.36. The second-order valence-corrected chi connectivity index (χ2v) is 4.31. The van der Waals surface area contributed by atoms with Gasteiger partial charge in [0.2, 0.25) is 0 Å². The summed E-state index contributed by atoms with van der Waals surface area (Å²) in [5.41, 5.74) is -3.53. The molecule has 1 amide bonds. The van der Waals surface area contributed by atoms with E-state index in [0.717, 1.165) is 0 Å². The number of hydrogen-bond acceptors (Lipinski definition) is 2. The quantitative estimate of drug-likeness (QED) is 0.659. The largest absolute Gasteiger partial charge is 0.465 e. The van der Waals surface area contributed by atoms with Gasteiger partial charge in [-0.15, -0.1) is 0 Å². The van der Waals surface area contributed by atoms with Crippen molar-refractivity contribution in [3.63, 3.8) is 0 Å². The highest BCUT2D eigenvalue weighted by Crippen LogP contribution is 2.36. The third kappa shape index (κ3) is 4.93. The number of hydrogen-bond donors (Lipinski definition) is 2. The van der Waals surface area contributed by atoms with E-state index in [9.17, 15) is 35.9 Å². The maximum Gasteiger partial charge on any atom is 0.416 e. The molecule has 0 bridgehead atoms. The molecular weight excluding hydrogens is 320 g/mol. The zero-order valence-corrected chi connectivity index (χ0v) is 10.6. The van der Waals surface area contributed by atoms with Crippen LogP contribution in [-0.4, -0.2) is 23.5 Å². The van der Waals surface area contributed by atoms with Crippen molar-refractivity contribution >= 4 is 12.4 Å². The Hall–Kier alpha value is -2.26. The van der Waals surface area contributed by atoms with E-state index in [0.29, 0.717) is 12.1 Å². The zero-order valence-electron chi connectivity index (χ0n) is 10.6. The molecule has 0 heterocycles. The number of aldehydes is 1. The molecule has 1 rings (SSSR count). The van der Waals surface area contributed by atoms with Gasteiger partial charge in [0.05, 0.1) is 17.2 Å². The Morgan fingerprint density at radius 1 is 1.09 bits per heavy atom. The van der Waals surface area contributed by atoms with Crippen molar-refractivity contribution in [3.05, 3.63) is 34.9 Å². The van der Waals surface area contributed by atoms with Crippen LogP contribution in [0.1, 0.15) is 16.7 Å². The van der Waals surface area contributed by atoms with E-state index in [1.54, 1.807) is 5.32 Å². The van der Waals surface area contributed by atoms with E-state index < -0.39 is 47.6 Å². The van der Waals surface area contributed by atoms with Gasteiger partial charge in [0.15, 0.2) is 0 Å². The van der Waals surface area contributed by atoms with E-state index in [4.69, 9.17) is 5.11 Å². The average Bonchev–Trinajstić information content (AvgIpc) is 2.35. The highest BCUT2D eigenvalue weighted by atomic mass is 19.4. The molecule has 0 aliphatic heterocycles. The predicted octanol–water partition coefficient (Wildman–Crippen LogP) is 3.10. The third-order valence-corrected chi connectivity index (χ3v) is 2.58. The molecule has 22 heavy (non-hydrogen) atoms. The van der Waals surface area contributed by atoms with Crippen LogP contribution in [0.3, 0.4) is 0 Å². The van der Waals surface area contributed by atoms with Crippen LogP contribution in [0.2, 0.25) is 0 Å². The second kappa shape index (κ2) is 6.24. The minimum absolute atomic E-state index is 0.0515. The lowest BCUT2D eigenvalue weighted by molar-refractivity contribution is -0.143. The first kappa shape index (κ1) is 17.8. The van der Waals surface area contributed by atoms with E-state index >= 15 is 0 Å². The van der Waals surface area contributed by atoms with Gasteiger partial charge in [-0.1, -0.05) is 0 Å². The van der Waals surface area contributed by atoms with Crippen LogP contribution in [0.15, 0.2) is 18.2 Å². The highest BCUT2D eigenvalue weighted by molar-refractivity contribution is 5.71. The number of amides is 1. The normalized spacial score (nSPS) is 13.5. The van der Waals surface area contributed by atoms with E-state index in [1.807, 2.05) is 0 Å². The summed E-state index contributed by atoms with van der Waals surface area (Å²) < 4.78 is 75.7. The fourth-order valence-corrected chi connectivity index (χ4v) is 1.68. The Bertz CT molecular complexity index is 535. The number of benzene rings is 1. The number of alkyl halides is 6. The number of carboxylic acid groups (broad SMARTS) is 1. The monoisotopic (exact) mass is 329 g/mol. The molecule has 2 N–H and O–H groups in total. The minimum atomic E-state index is -5.01. The van der Waals surface area contributed by atoms with Crippen molar-refractivity contribution in [3.8, 4) is 0 Å². The van der Waals surface area contributed by atoms with Gasteiger partial charge < -0.3 is 15.2 Å². The van der Waals surface area contributed by atoms with Gasteiger partial charge in [-0.3, -0.25) is 0 Å². The summed E-state index contributed by atoms with van der Waals surface area (Å²) in [7, 11) is 0. The Morgan fingerprint density at radius 3 is 1.86 bits per heavy atom. The molecule has 0 saturated heterocycles. The molecule has 0 unspecified atom stereocenters. The van der Waals surface area contributed by atoms with Gasteiger partial charge >= 0.3 is 18.4 Å². The molecule has 10 heteroatoms. The second-order valence-electron chi connectivity index (χ2n) is 4.31. The Kier molecular flexibility index (Phi) is 5.05. The van der Waals surface area contributed by atoms with Crippen LogP contribution in [0.25, 0.3) is 0 Å². The van der Waals surface area contributed by atoms with Crippen molar-refractivity contribution in [2.24, 2.45) is 0 Å². The zero-order chi connectivity index (χ0) is 17.1. The maximum absolute atomic E-state index is 12.6. The van der Waals surface area contributed by atoms with Gasteiger partial charge in [0.25, 0.3) is 0 Å². The molecule has 122 valence electrons. The lowest BCUT2D eigenvalue weighted by atomic mass is 10.00. The average molecular weight is 329 g/mol. The van der Waals surface area contributed by atoms with Crippen molar-refractivity contribution < 1.29 is 41.0 Å². The molecule has 0 aromatic heterocycles. The van der Waals surface area contributed by atoms with Crippen molar-refractivity contribution in [2.45, 2.75) is 24.8 Å². The highest BCUT2D eigenvalue weighted by Gasteiger charge is 2.37. The van der Waals surface area contributed by atoms with Gasteiger partial charge in [0, 0.05) is 0 Å². The van der Waals surface area contributed by atoms with Gasteiger partial charge in [0.1, 0.15) is 6.29 Å².